The van der Waals surface area contributed by atoms with Crippen molar-refractivity contribution in [3.63, 3.8) is 0 Å². The molecule has 1 aliphatic heterocycles. The van der Waals surface area contributed by atoms with Crippen molar-refractivity contribution in [1.29, 1.82) is 0 Å². The van der Waals surface area contributed by atoms with Gasteiger partial charge in [-0.3, -0.25) is 4.90 Å². The van der Waals surface area contributed by atoms with Crippen molar-refractivity contribution in [1.82, 2.24) is 0 Å². The normalized spacial score (nSPS) is 19.8. The fourth-order valence-electron chi connectivity index (χ4n) is 2.15. The Morgan fingerprint density at radius 3 is 3.00 bits per heavy atom. The van der Waals surface area contributed by atoms with Gasteiger partial charge in [0.1, 0.15) is 0 Å². The molecule has 1 N–H and O–H groups in total. The number of carbonyl (C=O) groups is 1. The van der Waals surface area contributed by atoms with E-state index >= 15 is 0 Å². The van der Waals surface area contributed by atoms with Crippen LogP contribution in [0.3, 0.4) is 0 Å². The molecule has 0 bridgehead atoms. The lowest BCUT2D eigenvalue weighted by atomic mass is 10.1. The molecule has 0 aliphatic carbocycles. The Kier molecular flexibility index (Phi) is 4.24. The van der Waals surface area contributed by atoms with Crippen LogP contribution >= 0.6 is 15.9 Å². The molecule has 1 aliphatic rings. The molecule has 0 radical (unpaired) electrons. The van der Waals surface area contributed by atoms with Crippen molar-refractivity contribution < 1.29 is 14.6 Å². The van der Waals surface area contributed by atoms with Crippen molar-refractivity contribution in [3.8, 4) is 0 Å². The zero-order valence-electron chi connectivity index (χ0n) is 10.2. The largest absolute Gasteiger partial charge is 0.449 e. The molecular weight excluding hydrogens is 298 g/mol. The third-order valence-electron chi connectivity index (χ3n) is 3.12. The zero-order valence-corrected chi connectivity index (χ0v) is 11.8. The van der Waals surface area contributed by atoms with E-state index in [0.717, 1.165) is 22.1 Å². The number of ether oxygens (including phenoxy) is 1. The van der Waals surface area contributed by atoms with Crippen molar-refractivity contribution >= 4 is 27.7 Å². The van der Waals surface area contributed by atoms with Gasteiger partial charge in [0.15, 0.2) is 0 Å². The number of benzene rings is 1. The standard InChI is InChI=1S/C13H16BrNO3/c1-9-8-11(2-3-12(9)14)15-10(4-6-16)5-7-18-13(15)17/h2-3,8,10,16H,4-7H2,1H3. The number of nitrogens with zero attached hydrogens (tertiary/aromatic N) is 1. The number of halogens is 1. The molecule has 2 rings (SSSR count). The number of amides is 1. The highest BCUT2D eigenvalue weighted by Crippen LogP contribution is 2.28. The van der Waals surface area contributed by atoms with Gasteiger partial charge in [0.05, 0.1) is 6.61 Å². The Morgan fingerprint density at radius 1 is 1.56 bits per heavy atom. The Balaban J connectivity index is 2.31. The number of aliphatic hydroxyl groups is 1. The van der Waals surface area contributed by atoms with Crippen molar-refractivity contribution in [2.75, 3.05) is 18.1 Å². The monoisotopic (exact) mass is 313 g/mol. The van der Waals surface area contributed by atoms with E-state index in [1.807, 2.05) is 25.1 Å². The Bertz CT molecular complexity index is 448. The molecule has 1 unspecified atom stereocenters. The summed E-state index contributed by atoms with van der Waals surface area (Å²) in [7, 11) is 0. The van der Waals surface area contributed by atoms with Gasteiger partial charge in [-0.2, -0.15) is 0 Å². The van der Waals surface area contributed by atoms with Gasteiger partial charge < -0.3 is 9.84 Å². The van der Waals surface area contributed by atoms with E-state index in [4.69, 9.17) is 9.84 Å². The Morgan fingerprint density at radius 2 is 2.33 bits per heavy atom. The first-order chi connectivity index (χ1) is 8.63. The second kappa shape index (κ2) is 5.71. The molecule has 5 heteroatoms. The predicted octanol–water partition coefficient (Wildman–Crippen LogP) is 2.86. The van der Waals surface area contributed by atoms with Gasteiger partial charge in [-0.15, -0.1) is 0 Å². The number of hydrogen-bond donors (Lipinski definition) is 1. The number of carbonyl (C=O) groups excluding carboxylic acids is 1. The minimum atomic E-state index is -0.332. The van der Waals surface area contributed by atoms with Gasteiger partial charge in [0, 0.05) is 29.2 Å². The maximum absolute atomic E-state index is 11.9. The van der Waals surface area contributed by atoms with Crippen molar-refractivity contribution in [3.05, 3.63) is 28.2 Å². The van der Waals surface area contributed by atoms with E-state index in [1.54, 1.807) is 4.90 Å². The molecule has 18 heavy (non-hydrogen) atoms. The summed E-state index contributed by atoms with van der Waals surface area (Å²) in [4.78, 5) is 13.5. The second-order valence-corrected chi connectivity index (χ2v) is 5.23. The highest BCUT2D eigenvalue weighted by molar-refractivity contribution is 9.10. The molecule has 1 saturated heterocycles. The van der Waals surface area contributed by atoms with Gasteiger partial charge in [-0.1, -0.05) is 15.9 Å². The fourth-order valence-corrected chi connectivity index (χ4v) is 2.39. The van der Waals surface area contributed by atoms with Crippen LogP contribution in [0.5, 0.6) is 0 Å². The number of cyclic esters (lactones) is 1. The third kappa shape index (κ3) is 2.67. The smallest absolute Gasteiger partial charge is 0.414 e. The van der Waals surface area contributed by atoms with E-state index in [0.29, 0.717) is 13.0 Å². The highest BCUT2D eigenvalue weighted by Gasteiger charge is 2.30. The maximum Gasteiger partial charge on any atom is 0.414 e. The van der Waals surface area contributed by atoms with E-state index in [9.17, 15) is 4.79 Å². The number of anilines is 1. The number of rotatable bonds is 3. The van der Waals surface area contributed by atoms with Gasteiger partial charge in [-0.25, -0.2) is 4.79 Å². The highest BCUT2D eigenvalue weighted by atomic mass is 79.9. The minimum Gasteiger partial charge on any atom is -0.449 e. The first-order valence-corrected chi connectivity index (χ1v) is 6.76. The number of hydrogen-bond acceptors (Lipinski definition) is 3. The summed E-state index contributed by atoms with van der Waals surface area (Å²) >= 11 is 3.44. The molecule has 0 saturated carbocycles. The molecule has 0 aromatic heterocycles. The molecular formula is C13H16BrNO3. The van der Waals surface area contributed by atoms with Crippen LogP contribution in [0.15, 0.2) is 22.7 Å². The molecule has 1 aromatic carbocycles. The fraction of sp³-hybridized carbons (Fsp3) is 0.462. The summed E-state index contributed by atoms with van der Waals surface area (Å²) in [6.07, 6.45) is 0.993. The molecule has 1 amide bonds. The van der Waals surface area contributed by atoms with Gasteiger partial charge in [-0.05, 0) is 37.1 Å². The summed E-state index contributed by atoms with van der Waals surface area (Å²) in [5, 5.41) is 9.08. The average molecular weight is 314 g/mol. The summed E-state index contributed by atoms with van der Waals surface area (Å²) in [6, 6.07) is 5.76. The van der Waals surface area contributed by atoms with Crippen LogP contribution in [-0.4, -0.2) is 30.5 Å². The lowest BCUT2D eigenvalue weighted by Crippen LogP contribution is -2.46. The van der Waals surface area contributed by atoms with Crippen LogP contribution in [-0.2, 0) is 4.74 Å². The summed E-state index contributed by atoms with van der Waals surface area (Å²) < 4.78 is 6.09. The first-order valence-electron chi connectivity index (χ1n) is 5.96. The lowest BCUT2D eigenvalue weighted by Gasteiger charge is -2.34. The van der Waals surface area contributed by atoms with Crippen LogP contribution in [0.25, 0.3) is 0 Å². The van der Waals surface area contributed by atoms with Gasteiger partial charge in [0.2, 0.25) is 0 Å². The third-order valence-corrected chi connectivity index (χ3v) is 4.01. The van der Waals surface area contributed by atoms with Crippen molar-refractivity contribution in [2.24, 2.45) is 0 Å². The Hall–Kier alpha value is -1.07. The summed E-state index contributed by atoms with van der Waals surface area (Å²) in [5.74, 6) is 0. The van der Waals surface area contributed by atoms with E-state index < -0.39 is 0 Å². The van der Waals surface area contributed by atoms with Crippen LogP contribution in [0.1, 0.15) is 18.4 Å². The lowest BCUT2D eigenvalue weighted by molar-refractivity contribution is 0.124. The minimum absolute atomic E-state index is 0.0109. The topological polar surface area (TPSA) is 49.8 Å². The predicted molar refractivity (Wildman–Crippen MR) is 72.8 cm³/mol. The SMILES string of the molecule is Cc1cc(N2C(=O)OCCC2CCO)ccc1Br. The van der Waals surface area contributed by atoms with E-state index in [2.05, 4.69) is 15.9 Å². The van der Waals surface area contributed by atoms with Crippen LogP contribution in [0.2, 0.25) is 0 Å². The molecule has 0 spiro atoms. The molecule has 98 valence electrons. The molecule has 1 atom stereocenters. The zero-order chi connectivity index (χ0) is 13.1. The van der Waals surface area contributed by atoms with E-state index in [1.165, 1.54) is 0 Å². The first kappa shape index (κ1) is 13.4. The van der Waals surface area contributed by atoms with Crippen LogP contribution < -0.4 is 4.90 Å². The quantitative estimate of drug-likeness (QED) is 0.933. The average Bonchev–Trinajstić information content (AvgIpc) is 2.34. The molecule has 1 fully saturated rings. The Labute approximate surface area is 115 Å². The van der Waals surface area contributed by atoms with Crippen LogP contribution in [0.4, 0.5) is 10.5 Å². The van der Waals surface area contributed by atoms with Gasteiger partial charge >= 0.3 is 6.09 Å². The summed E-state index contributed by atoms with van der Waals surface area (Å²) in [5.41, 5.74) is 1.88. The second-order valence-electron chi connectivity index (χ2n) is 4.37. The maximum atomic E-state index is 11.9. The van der Waals surface area contributed by atoms with Crippen molar-refractivity contribution in [2.45, 2.75) is 25.8 Å². The van der Waals surface area contributed by atoms with Gasteiger partial charge in [0.25, 0.3) is 0 Å². The number of aryl methyl sites for hydroxylation is 1. The molecule has 4 nitrogen and oxygen atoms in total. The number of aliphatic hydroxyl groups excluding tert-OH is 1. The van der Waals surface area contributed by atoms with Crippen LogP contribution in [0, 0.1) is 6.92 Å². The van der Waals surface area contributed by atoms with E-state index in [-0.39, 0.29) is 18.7 Å². The summed E-state index contributed by atoms with van der Waals surface area (Å²) in [6.45, 7) is 2.48. The molecule has 1 aromatic rings. The molecule has 1 heterocycles.